The molecule has 2 heteroatoms. The smallest absolute Gasteiger partial charge is 0.0641 e. The molecule has 1 atom stereocenters. The molecule has 0 radical (unpaired) electrons. The van der Waals surface area contributed by atoms with E-state index in [-0.39, 0.29) is 0 Å². The fourth-order valence-electron chi connectivity index (χ4n) is 8.03. The van der Waals surface area contributed by atoms with Crippen molar-refractivity contribution in [2.45, 2.75) is 12.3 Å². The monoisotopic (exact) mass is 612 g/mol. The van der Waals surface area contributed by atoms with Crippen LogP contribution in [0.15, 0.2) is 176 Å². The van der Waals surface area contributed by atoms with Crippen LogP contribution in [-0.4, -0.2) is 9.13 Å². The first kappa shape index (κ1) is 27.0. The standard InChI is InChI=1S/C46H32N2/c1-3-13-31(14-4-1)32-23-25-35(26-24-32)47-43-22-12-10-20-40(43)45-44(47)28-27-39-38-19-9-11-21-42(38)48(46(39)45)36-29-34-17-7-8-18-37(34)41(30-36)33-15-5-2-6-16-33/h1-13,15-31H,14H2. The molecule has 1 aliphatic rings. The molecule has 0 N–H and O–H groups in total. The molecule has 0 saturated heterocycles. The summed E-state index contributed by atoms with van der Waals surface area (Å²) in [5, 5.41) is 7.56. The van der Waals surface area contributed by atoms with Crippen LogP contribution in [0.25, 0.3) is 76.9 Å². The SMILES string of the molecule is C1=CCC(c2ccc(-n3c4ccccc4c4c3ccc3c5ccccc5n(-c5cc(-c6ccccc6)c6ccccc6c5)c34)cc2)C=C1. The number of benzene rings is 7. The van der Waals surface area contributed by atoms with Crippen LogP contribution in [0.3, 0.4) is 0 Å². The Balaban J connectivity index is 1.29. The molecule has 0 saturated carbocycles. The number of nitrogens with zero attached hydrogens (tertiary/aromatic N) is 2. The fourth-order valence-corrected chi connectivity index (χ4v) is 8.03. The van der Waals surface area contributed by atoms with E-state index in [0.717, 1.165) is 6.42 Å². The maximum Gasteiger partial charge on any atom is 0.0641 e. The van der Waals surface area contributed by atoms with Crippen molar-refractivity contribution in [2.24, 2.45) is 0 Å². The molecule has 0 amide bonds. The van der Waals surface area contributed by atoms with Crippen LogP contribution >= 0.6 is 0 Å². The lowest BCUT2D eigenvalue weighted by Crippen LogP contribution is -1.98. The Hall–Kier alpha value is -6.12. The molecule has 0 spiro atoms. The van der Waals surface area contributed by atoms with E-state index >= 15 is 0 Å². The van der Waals surface area contributed by atoms with Crippen LogP contribution in [0.2, 0.25) is 0 Å². The van der Waals surface area contributed by atoms with Gasteiger partial charge in [0.05, 0.1) is 22.1 Å². The first-order chi connectivity index (χ1) is 23.8. The Labute approximate surface area is 279 Å². The van der Waals surface area contributed by atoms with Gasteiger partial charge in [0.15, 0.2) is 0 Å². The zero-order valence-corrected chi connectivity index (χ0v) is 26.4. The normalized spacial score (nSPS) is 14.6. The first-order valence-corrected chi connectivity index (χ1v) is 16.8. The zero-order valence-electron chi connectivity index (χ0n) is 26.4. The van der Waals surface area contributed by atoms with Crippen molar-refractivity contribution < 1.29 is 0 Å². The molecule has 9 aromatic rings. The first-order valence-electron chi connectivity index (χ1n) is 16.8. The van der Waals surface area contributed by atoms with E-state index in [4.69, 9.17) is 0 Å². The number of rotatable bonds is 4. The van der Waals surface area contributed by atoms with E-state index in [1.54, 1.807) is 0 Å². The number of allylic oxidation sites excluding steroid dienone is 4. The molecule has 0 bridgehead atoms. The van der Waals surface area contributed by atoms with Gasteiger partial charge in [-0.1, -0.05) is 133 Å². The summed E-state index contributed by atoms with van der Waals surface area (Å²) in [6.45, 7) is 0. The Bertz CT molecular complexity index is 2740. The van der Waals surface area contributed by atoms with Crippen LogP contribution in [0, 0.1) is 0 Å². The third-order valence-electron chi connectivity index (χ3n) is 10.2. The van der Waals surface area contributed by atoms with Crippen molar-refractivity contribution in [3.05, 3.63) is 182 Å². The van der Waals surface area contributed by atoms with Crippen LogP contribution < -0.4 is 0 Å². The molecule has 7 aromatic carbocycles. The van der Waals surface area contributed by atoms with E-state index in [9.17, 15) is 0 Å². The van der Waals surface area contributed by atoms with Crippen LogP contribution in [0.4, 0.5) is 0 Å². The molecular formula is C46H32N2. The lowest BCUT2D eigenvalue weighted by atomic mass is 9.92. The quantitative estimate of drug-likeness (QED) is 0.187. The van der Waals surface area contributed by atoms with Gasteiger partial charge in [0, 0.05) is 38.8 Å². The second-order valence-electron chi connectivity index (χ2n) is 12.9. The Morgan fingerprint density at radius 1 is 0.479 bits per heavy atom. The molecule has 2 heterocycles. The van der Waals surface area contributed by atoms with Gasteiger partial charge in [-0.15, -0.1) is 0 Å². The van der Waals surface area contributed by atoms with Crippen LogP contribution in [-0.2, 0) is 0 Å². The van der Waals surface area contributed by atoms with Crippen molar-refractivity contribution in [1.82, 2.24) is 9.13 Å². The lowest BCUT2D eigenvalue weighted by molar-refractivity contribution is 0.853. The van der Waals surface area contributed by atoms with Gasteiger partial charge in [-0.05, 0) is 76.3 Å². The molecule has 10 rings (SSSR count). The van der Waals surface area contributed by atoms with Crippen molar-refractivity contribution in [1.29, 1.82) is 0 Å². The molecule has 1 unspecified atom stereocenters. The van der Waals surface area contributed by atoms with Gasteiger partial charge in [-0.25, -0.2) is 0 Å². The van der Waals surface area contributed by atoms with Gasteiger partial charge < -0.3 is 9.13 Å². The van der Waals surface area contributed by atoms with Gasteiger partial charge in [-0.2, -0.15) is 0 Å². The maximum atomic E-state index is 2.51. The summed E-state index contributed by atoms with van der Waals surface area (Å²) in [4.78, 5) is 0. The average Bonchev–Trinajstić information content (AvgIpc) is 3.68. The molecule has 2 aromatic heterocycles. The van der Waals surface area contributed by atoms with E-state index in [0.29, 0.717) is 5.92 Å². The topological polar surface area (TPSA) is 9.86 Å². The van der Waals surface area contributed by atoms with Crippen LogP contribution in [0.1, 0.15) is 17.9 Å². The van der Waals surface area contributed by atoms with Crippen LogP contribution in [0.5, 0.6) is 0 Å². The molecule has 0 fully saturated rings. The summed E-state index contributed by atoms with van der Waals surface area (Å²) >= 11 is 0. The summed E-state index contributed by atoms with van der Waals surface area (Å²) in [7, 11) is 0. The highest BCUT2D eigenvalue weighted by atomic mass is 15.0. The van der Waals surface area contributed by atoms with E-state index in [2.05, 4.69) is 185 Å². The van der Waals surface area contributed by atoms with Crippen molar-refractivity contribution in [2.75, 3.05) is 0 Å². The highest BCUT2D eigenvalue weighted by molar-refractivity contribution is 6.26. The summed E-state index contributed by atoms with van der Waals surface area (Å²) in [6, 6.07) is 55.9. The van der Waals surface area contributed by atoms with Gasteiger partial charge in [0.25, 0.3) is 0 Å². The lowest BCUT2D eigenvalue weighted by Gasteiger charge is -2.15. The van der Waals surface area contributed by atoms with Gasteiger partial charge in [-0.3, -0.25) is 0 Å². The fraction of sp³-hybridized carbons (Fsp3) is 0.0435. The van der Waals surface area contributed by atoms with Gasteiger partial charge >= 0.3 is 0 Å². The highest BCUT2D eigenvalue weighted by Crippen LogP contribution is 2.43. The third kappa shape index (κ3) is 4.06. The summed E-state index contributed by atoms with van der Waals surface area (Å²) in [5.74, 6) is 0.431. The minimum atomic E-state index is 0.431. The summed E-state index contributed by atoms with van der Waals surface area (Å²) < 4.78 is 4.96. The minimum Gasteiger partial charge on any atom is -0.309 e. The molecule has 0 aliphatic heterocycles. The molecule has 2 nitrogen and oxygen atoms in total. The Kier molecular flexibility index (Phi) is 6.04. The zero-order chi connectivity index (χ0) is 31.6. The number of hydrogen-bond donors (Lipinski definition) is 0. The van der Waals surface area contributed by atoms with Crippen molar-refractivity contribution in [3.8, 4) is 22.5 Å². The molecule has 48 heavy (non-hydrogen) atoms. The summed E-state index contributed by atoms with van der Waals surface area (Å²) in [5.41, 5.74) is 11.1. The number of hydrogen-bond acceptors (Lipinski definition) is 0. The van der Waals surface area contributed by atoms with Crippen molar-refractivity contribution in [3.63, 3.8) is 0 Å². The predicted octanol–water partition coefficient (Wildman–Crippen LogP) is 12.3. The maximum absolute atomic E-state index is 2.51. The molecule has 226 valence electrons. The Morgan fingerprint density at radius 3 is 1.98 bits per heavy atom. The van der Waals surface area contributed by atoms with E-state index in [1.807, 2.05) is 0 Å². The van der Waals surface area contributed by atoms with E-state index < -0.39 is 0 Å². The van der Waals surface area contributed by atoms with Crippen molar-refractivity contribution >= 4 is 54.4 Å². The number of fused-ring (bicyclic) bond motifs is 8. The average molecular weight is 613 g/mol. The predicted molar refractivity (Wildman–Crippen MR) is 204 cm³/mol. The third-order valence-corrected chi connectivity index (χ3v) is 10.2. The second-order valence-corrected chi connectivity index (χ2v) is 12.9. The minimum absolute atomic E-state index is 0.431. The summed E-state index contributed by atoms with van der Waals surface area (Å²) in [6.07, 6.45) is 9.92. The number of para-hydroxylation sites is 2. The van der Waals surface area contributed by atoms with E-state index in [1.165, 1.54) is 82.4 Å². The van der Waals surface area contributed by atoms with Gasteiger partial charge in [0.1, 0.15) is 0 Å². The van der Waals surface area contributed by atoms with Gasteiger partial charge in [0.2, 0.25) is 0 Å². The molecular weight excluding hydrogens is 581 g/mol. The highest BCUT2D eigenvalue weighted by Gasteiger charge is 2.21. The second kappa shape index (κ2) is 10.7. The number of aromatic nitrogens is 2. The molecule has 1 aliphatic carbocycles. The largest absolute Gasteiger partial charge is 0.309 e. The Morgan fingerprint density at radius 2 is 1.19 bits per heavy atom.